The number of nitrogens with zero attached hydrogens (tertiary/aromatic N) is 1. The molecule has 0 bridgehead atoms. The summed E-state index contributed by atoms with van der Waals surface area (Å²) in [6.07, 6.45) is 3.40. The van der Waals surface area contributed by atoms with Gasteiger partial charge in [-0.1, -0.05) is 18.0 Å². The van der Waals surface area contributed by atoms with E-state index in [1.807, 2.05) is 6.07 Å². The summed E-state index contributed by atoms with van der Waals surface area (Å²) in [6, 6.07) is 5.55. The van der Waals surface area contributed by atoms with Gasteiger partial charge in [0.25, 0.3) is 0 Å². The zero-order valence-corrected chi connectivity index (χ0v) is 14.1. The molecule has 1 aromatic carbocycles. The number of halogens is 2. The van der Waals surface area contributed by atoms with E-state index in [0.717, 1.165) is 42.6 Å². The molecule has 0 aliphatic carbocycles. The van der Waals surface area contributed by atoms with Gasteiger partial charge in [0, 0.05) is 17.6 Å². The van der Waals surface area contributed by atoms with Crippen LogP contribution >= 0.6 is 27.5 Å². The van der Waals surface area contributed by atoms with Gasteiger partial charge in [0.1, 0.15) is 12.4 Å². The highest BCUT2D eigenvalue weighted by atomic mass is 79.9. The van der Waals surface area contributed by atoms with Gasteiger partial charge in [-0.05, 0) is 53.5 Å². The maximum atomic E-state index is 10.9. The van der Waals surface area contributed by atoms with Gasteiger partial charge in [-0.25, -0.2) is 0 Å². The number of carboxylic acid groups (broad SMARTS) is 1. The van der Waals surface area contributed by atoms with Crippen molar-refractivity contribution in [2.45, 2.75) is 31.7 Å². The van der Waals surface area contributed by atoms with Crippen LogP contribution in [0.25, 0.3) is 0 Å². The van der Waals surface area contributed by atoms with Gasteiger partial charge in [0.2, 0.25) is 0 Å². The third kappa shape index (κ3) is 5.16. The summed E-state index contributed by atoms with van der Waals surface area (Å²) in [4.78, 5) is 13.1. The SMILES string of the molecule is O=C(O)CC1CCCCN1CCOc1ccc(Cl)cc1Br. The van der Waals surface area contributed by atoms with Crippen LogP contribution in [0.1, 0.15) is 25.7 Å². The maximum Gasteiger partial charge on any atom is 0.304 e. The Morgan fingerprint density at radius 3 is 3.00 bits per heavy atom. The lowest BCUT2D eigenvalue weighted by molar-refractivity contribution is -0.138. The van der Waals surface area contributed by atoms with Crippen molar-refractivity contribution in [2.75, 3.05) is 19.7 Å². The van der Waals surface area contributed by atoms with Gasteiger partial charge in [0.05, 0.1) is 10.9 Å². The summed E-state index contributed by atoms with van der Waals surface area (Å²) >= 11 is 9.31. The third-order valence-electron chi connectivity index (χ3n) is 3.69. The van der Waals surface area contributed by atoms with Crippen LogP contribution in [0, 0.1) is 0 Å². The first-order valence-corrected chi connectivity index (χ1v) is 8.27. The van der Waals surface area contributed by atoms with Gasteiger partial charge in [0.15, 0.2) is 0 Å². The molecule has 21 heavy (non-hydrogen) atoms. The van der Waals surface area contributed by atoms with Crippen LogP contribution in [0.15, 0.2) is 22.7 Å². The number of carbonyl (C=O) groups is 1. The minimum atomic E-state index is -0.728. The molecular weight excluding hydrogens is 358 g/mol. The summed E-state index contributed by atoms with van der Waals surface area (Å²) in [7, 11) is 0. The normalized spacial score (nSPS) is 19.4. The smallest absolute Gasteiger partial charge is 0.304 e. The molecule has 1 heterocycles. The van der Waals surface area contributed by atoms with E-state index in [4.69, 9.17) is 21.4 Å². The van der Waals surface area contributed by atoms with Crippen LogP contribution in [0.4, 0.5) is 0 Å². The van der Waals surface area contributed by atoms with Crippen molar-refractivity contribution in [1.29, 1.82) is 0 Å². The fourth-order valence-electron chi connectivity index (χ4n) is 2.65. The lowest BCUT2D eigenvalue weighted by Crippen LogP contribution is -2.42. The highest BCUT2D eigenvalue weighted by Gasteiger charge is 2.24. The molecule has 6 heteroatoms. The van der Waals surface area contributed by atoms with E-state index in [-0.39, 0.29) is 12.5 Å². The Bertz CT molecular complexity index is 498. The van der Waals surface area contributed by atoms with E-state index in [0.29, 0.717) is 11.6 Å². The maximum absolute atomic E-state index is 10.9. The Morgan fingerprint density at radius 1 is 1.48 bits per heavy atom. The van der Waals surface area contributed by atoms with Crippen molar-refractivity contribution < 1.29 is 14.6 Å². The number of hydrogen-bond donors (Lipinski definition) is 1. The molecule has 1 unspecified atom stereocenters. The number of piperidine rings is 1. The van der Waals surface area contributed by atoms with Gasteiger partial charge in [-0.2, -0.15) is 0 Å². The van der Waals surface area contributed by atoms with E-state index in [1.165, 1.54) is 0 Å². The molecule has 1 aliphatic rings. The second kappa shape index (κ2) is 8.01. The quantitative estimate of drug-likeness (QED) is 0.820. The van der Waals surface area contributed by atoms with Crippen LogP contribution in [0.2, 0.25) is 5.02 Å². The minimum Gasteiger partial charge on any atom is -0.491 e. The average Bonchev–Trinajstić information content (AvgIpc) is 2.42. The van der Waals surface area contributed by atoms with Gasteiger partial charge in [-0.15, -0.1) is 0 Å². The summed E-state index contributed by atoms with van der Waals surface area (Å²) in [5.41, 5.74) is 0. The molecular formula is C15H19BrClNO3. The number of hydrogen-bond acceptors (Lipinski definition) is 3. The summed E-state index contributed by atoms with van der Waals surface area (Å²) in [5.74, 6) is 0.0273. The van der Waals surface area contributed by atoms with Gasteiger partial charge >= 0.3 is 5.97 Å². The monoisotopic (exact) mass is 375 g/mol. The van der Waals surface area contributed by atoms with E-state index in [2.05, 4.69) is 20.8 Å². The molecule has 0 saturated carbocycles. The second-order valence-corrected chi connectivity index (χ2v) is 6.50. The first-order valence-electron chi connectivity index (χ1n) is 7.10. The Kier molecular flexibility index (Phi) is 6.33. The Hall–Kier alpha value is -0.780. The standard InChI is InChI=1S/C15H19BrClNO3/c16-13-9-11(17)4-5-14(13)21-8-7-18-6-2-1-3-12(18)10-15(19)20/h4-5,9,12H,1-3,6-8,10H2,(H,19,20). The van der Waals surface area contributed by atoms with Crippen molar-refractivity contribution in [1.82, 2.24) is 4.90 Å². The largest absolute Gasteiger partial charge is 0.491 e. The molecule has 2 rings (SSSR count). The number of aliphatic carboxylic acids is 1. The molecule has 1 atom stereocenters. The van der Waals surface area contributed by atoms with Crippen LogP contribution in [0.3, 0.4) is 0 Å². The second-order valence-electron chi connectivity index (χ2n) is 5.21. The predicted molar refractivity (Wildman–Crippen MR) is 86.1 cm³/mol. The minimum absolute atomic E-state index is 0.133. The zero-order valence-electron chi connectivity index (χ0n) is 11.7. The van der Waals surface area contributed by atoms with Crippen LogP contribution < -0.4 is 4.74 Å². The molecule has 116 valence electrons. The van der Waals surface area contributed by atoms with Crippen LogP contribution in [0.5, 0.6) is 5.75 Å². The Balaban J connectivity index is 1.84. The van der Waals surface area contributed by atoms with Crippen molar-refractivity contribution >= 4 is 33.5 Å². The topological polar surface area (TPSA) is 49.8 Å². The fourth-order valence-corrected chi connectivity index (χ4v) is 3.45. The molecule has 0 spiro atoms. The van der Waals surface area contributed by atoms with Crippen molar-refractivity contribution in [2.24, 2.45) is 0 Å². The Morgan fingerprint density at radius 2 is 2.29 bits per heavy atom. The first kappa shape index (κ1) is 16.6. The molecule has 0 radical (unpaired) electrons. The summed E-state index contributed by atoms with van der Waals surface area (Å²) < 4.78 is 6.58. The number of ether oxygens (including phenoxy) is 1. The highest BCUT2D eigenvalue weighted by molar-refractivity contribution is 9.10. The molecule has 0 amide bonds. The van der Waals surface area contributed by atoms with E-state index in [1.54, 1.807) is 12.1 Å². The average molecular weight is 377 g/mol. The molecule has 1 aromatic rings. The third-order valence-corrected chi connectivity index (χ3v) is 4.54. The van der Waals surface area contributed by atoms with Crippen molar-refractivity contribution in [3.8, 4) is 5.75 Å². The van der Waals surface area contributed by atoms with Gasteiger partial charge in [-0.3, -0.25) is 9.69 Å². The first-order chi connectivity index (χ1) is 10.1. The number of benzene rings is 1. The molecule has 1 aliphatic heterocycles. The lowest BCUT2D eigenvalue weighted by atomic mass is 9.99. The summed E-state index contributed by atoms with van der Waals surface area (Å²) in [6.45, 7) is 2.23. The van der Waals surface area contributed by atoms with Crippen molar-refractivity contribution in [3.05, 3.63) is 27.7 Å². The number of likely N-dealkylation sites (tertiary alicyclic amines) is 1. The summed E-state index contributed by atoms with van der Waals surface area (Å²) in [5, 5.41) is 9.63. The van der Waals surface area contributed by atoms with E-state index >= 15 is 0 Å². The number of carboxylic acids is 1. The highest BCUT2D eigenvalue weighted by Crippen LogP contribution is 2.28. The number of rotatable bonds is 6. The molecule has 0 aromatic heterocycles. The molecule has 1 saturated heterocycles. The van der Waals surface area contributed by atoms with E-state index < -0.39 is 5.97 Å². The van der Waals surface area contributed by atoms with Crippen LogP contribution in [-0.4, -0.2) is 41.7 Å². The lowest BCUT2D eigenvalue weighted by Gasteiger charge is -2.34. The molecule has 4 nitrogen and oxygen atoms in total. The van der Waals surface area contributed by atoms with Gasteiger partial charge < -0.3 is 9.84 Å². The fraction of sp³-hybridized carbons (Fsp3) is 0.533. The molecule has 1 fully saturated rings. The predicted octanol–water partition coefficient (Wildman–Crippen LogP) is 3.81. The Labute approximate surface area is 138 Å². The molecule has 1 N–H and O–H groups in total. The zero-order chi connectivity index (χ0) is 15.2. The van der Waals surface area contributed by atoms with Crippen LogP contribution in [-0.2, 0) is 4.79 Å². The van der Waals surface area contributed by atoms with Crippen molar-refractivity contribution in [3.63, 3.8) is 0 Å². The van der Waals surface area contributed by atoms with E-state index in [9.17, 15) is 4.79 Å².